The van der Waals surface area contributed by atoms with Crippen molar-refractivity contribution in [3.05, 3.63) is 69.8 Å². The number of nitrogens with zero attached hydrogens (tertiary/aromatic N) is 1. The first kappa shape index (κ1) is 19.6. The number of imide groups is 2. The number of amides is 4. The van der Waals surface area contributed by atoms with Crippen LogP contribution < -0.4 is 16.0 Å². The predicted molar refractivity (Wildman–Crippen MR) is 111 cm³/mol. The van der Waals surface area contributed by atoms with Crippen molar-refractivity contribution in [2.24, 2.45) is 0 Å². The molecule has 0 aliphatic carbocycles. The molecule has 3 aliphatic heterocycles. The topological polar surface area (TPSA) is 108 Å². The standard InChI is InChI=1S/C23H22N4O4/c28-20-6-5-19(21(29)26-20)27-22(30)17-4-2-14(8-18(17)23(27)31)10-24-9-13-1-3-15-11-25-12-16(15)7-13/h1-4,7-8,19,24-25H,5-6,9-12H2,(H,26,28,29). The molecule has 1 fully saturated rings. The molecule has 4 amide bonds. The maximum Gasteiger partial charge on any atom is 0.262 e. The first-order valence-electron chi connectivity index (χ1n) is 10.4. The van der Waals surface area contributed by atoms with Crippen molar-refractivity contribution in [1.82, 2.24) is 20.9 Å². The van der Waals surface area contributed by atoms with Crippen LogP contribution >= 0.6 is 0 Å². The monoisotopic (exact) mass is 418 g/mol. The van der Waals surface area contributed by atoms with Crippen molar-refractivity contribution in [3.63, 3.8) is 0 Å². The third-order valence-electron chi connectivity index (χ3n) is 6.06. The van der Waals surface area contributed by atoms with Crippen molar-refractivity contribution in [1.29, 1.82) is 0 Å². The summed E-state index contributed by atoms with van der Waals surface area (Å²) in [7, 11) is 0. The molecule has 3 heterocycles. The summed E-state index contributed by atoms with van der Waals surface area (Å²) in [6.07, 6.45) is 0.262. The Morgan fingerprint density at radius 3 is 2.39 bits per heavy atom. The minimum absolute atomic E-state index is 0.109. The Bertz CT molecular complexity index is 1130. The third kappa shape index (κ3) is 3.54. The average Bonchev–Trinajstić information content (AvgIpc) is 3.31. The fourth-order valence-electron chi connectivity index (χ4n) is 4.44. The summed E-state index contributed by atoms with van der Waals surface area (Å²) in [6.45, 7) is 3.05. The van der Waals surface area contributed by atoms with Crippen LogP contribution in [0.25, 0.3) is 0 Å². The molecule has 0 saturated carbocycles. The zero-order chi connectivity index (χ0) is 21.5. The molecule has 1 unspecified atom stereocenters. The van der Waals surface area contributed by atoms with Gasteiger partial charge in [0, 0.05) is 32.6 Å². The molecule has 0 radical (unpaired) electrons. The van der Waals surface area contributed by atoms with Gasteiger partial charge in [-0.15, -0.1) is 0 Å². The van der Waals surface area contributed by atoms with Crippen LogP contribution in [0.4, 0.5) is 0 Å². The van der Waals surface area contributed by atoms with Gasteiger partial charge in [-0.3, -0.25) is 29.4 Å². The molecule has 31 heavy (non-hydrogen) atoms. The number of hydrogen-bond donors (Lipinski definition) is 3. The molecule has 158 valence electrons. The molecule has 1 saturated heterocycles. The van der Waals surface area contributed by atoms with E-state index < -0.39 is 23.8 Å². The van der Waals surface area contributed by atoms with Gasteiger partial charge in [0.1, 0.15) is 6.04 Å². The highest BCUT2D eigenvalue weighted by Crippen LogP contribution is 2.28. The van der Waals surface area contributed by atoms with Crippen molar-refractivity contribution >= 4 is 23.6 Å². The van der Waals surface area contributed by atoms with Gasteiger partial charge in [0.15, 0.2) is 0 Å². The Balaban J connectivity index is 1.27. The van der Waals surface area contributed by atoms with E-state index in [2.05, 4.69) is 34.1 Å². The molecule has 0 bridgehead atoms. The van der Waals surface area contributed by atoms with Crippen molar-refractivity contribution in [3.8, 4) is 0 Å². The average molecular weight is 418 g/mol. The number of carbonyl (C=O) groups excluding carboxylic acids is 4. The predicted octanol–water partition coefficient (Wildman–Crippen LogP) is 0.981. The van der Waals surface area contributed by atoms with Gasteiger partial charge in [-0.2, -0.15) is 0 Å². The van der Waals surface area contributed by atoms with E-state index >= 15 is 0 Å². The number of nitrogens with one attached hydrogen (secondary N) is 3. The van der Waals surface area contributed by atoms with Gasteiger partial charge < -0.3 is 10.6 Å². The second-order valence-electron chi connectivity index (χ2n) is 8.14. The van der Waals surface area contributed by atoms with Gasteiger partial charge in [0.25, 0.3) is 11.8 Å². The highest BCUT2D eigenvalue weighted by atomic mass is 16.2. The van der Waals surface area contributed by atoms with E-state index in [9.17, 15) is 19.2 Å². The molecule has 2 aromatic carbocycles. The lowest BCUT2D eigenvalue weighted by molar-refractivity contribution is -0.136. The molecule has 8 nitrogen and oxygen atoms in total. The van der Waals surface area contributed by atoms with Crippen LogP contribution in [-0.4, -0.2) is 34.6 Å². The second-order valence-corrected chi connectivity index (χ2v) is 8.14. The SMILES string of the molecule is O=C1CCC(N2C(=O)c3ccc(CNCc4ccc5c(c4)CNC5)cc3C2=O)C(=O)N1. The van der Waals surface area contributed by atoms with Crippen LogP contribution in [0.1, 0.15) is 55.8 Å². The number of rotatable bonds is 5. The molecule has 0 aromatic heterocycles. The van der Waals surface area contributed by atoms with E-state index in [1.807, 2.05) is 6.07 Å². The van der Waals surface area contributed by atoms with Gasteiger partial charge in [0.05, 0.1) is 11.1 Å². The fourth-order valence-corrected chi connectivity index (χ4v) is 4.44. The first-order valence-corrected chi connectivity index (χ1v) is 10.4. The molecule has 2 aromatic rings. The van der Waals surface area contributed by atoms with Crippen LogP contribution in [0.2, 0.25) is 0 Å². The maximum atomic E-state index is 12.9. The van der Waals surface area contributed by atoms with Gasteiger partial charge in [-0.05, 0) is 40.8 Å². The minimum Gasteiger partial charge on any atom is -0.309 e. The largest absolute Gasteiger partial charge is 0.309 e. The van der Waals surface area contributed by atoms with Crippen LogP contribution in [-0.2, 0) is 35.8 Å². The van der Waals surface area contributed by atoms with Gasteiger partial charge in [-0.25, -0.2) is 0 Å². The molecular formula is C23H22N4O4. The number of hydrogen-bond acceptors (Lipinski definition) is 6. The summed E-state index contributed by atoms with van der Waals surface area (Å²) in [5.41, 5.74) is 5.34. The Morgan fingerprint density at radius 1 is 0.871 bits per heavy atom. The van der Waals surface area contributed by atoms with E-state index in [-0.39, 0.29) is 18.7 Å². The summed E-state index contributed by atoms with van der Waals surface area (Å²) in [6, 6.07) is 10.7. The minimum atomic E-state index is -0.944. The Kier molecular flexibility index (Phi) is 4.88. The number of carbonyl (C=O) groups is 4. The molecule has 0 spiro atoms. The van der Waals surface area contributed by atoms with E-state index in [0.29, 0.717) is 24.2 Å². The van der Waals surface area contributed by atoms with Crippen LogP contribution in [0.3, 0.4) is 0 Å². The molecule has 1 atom stereocenters. The molecule has 5 rings (SSSR count). The van der Waals surface area contributed by atoms with Gasteiger partial charge >= 0.3 is 0 Å². The first-order chi connectivity index (χ1) is 15.0. The Hall–Kier alpha value is -3.36. The summed E-state index contributed by atoms with van der Waals surface area (Å²) in [5.74, 6) is -1.95. The number of fused-ring (bicyclic) bond motifs is 2. The summed E-state index contributed by atoms with van der Waals surface area (Å²) >= 11 is 0. The number of benzene rings is 2. The molecule has 3 aliphatic rings. The molecular weight excluding hydrogens is 396 g/mol. The summed E-state index contributed by atoms with van der Waals surface area (Å²) < 4.78 is 0. The normalized spacial score (nSPS) is 20.1. The van der Waals surface area contributed by atoms with E-state index in [0.717, 1.165) is 23.6 Å². The zero-order valence-electron chi connectivity index (χ0n) is 16.9. The van der Waals surface area contributed by atoms with E-state index in [4.69, 9.17) is 0 Å². The lowest BCUT2D eigenvalue weighted by atomic mass is 10.0. The lowest BCUT2D eigenvalue weighted by Gasteiger charge is -2.27. The maximum absolute atomic E-state index is 12.9. The van der Waals surface area contributed by atoms with Crippen molar-refractivity contribution in [2.75, 3.05) is 0 Å². The zero-order valence-corrected chi connectivity index (χ0v) is 16.9. The third-order valence-corrected chi connectivity index (χ3v) is 6.06. The quantitative estimate of drug-likeness (QED) is 0.625. The summed E-state index contributed by atoms with van der Waals surface area (Å²) in [5, 5.41) is 8.92. The van der Waals surface area contributed by atoms with Crippen molar-refractivity contribution in [2.45, 2.75) is 45.1 Å². The van der Waals surface area contributed by atoms with E-state index in [1.165, 1.54) is 16.7 Å². The van der Waals surface area contributed by atoms with Gasteiger partial charge in [0.2, 0.25) is 11.8 Å². The van der Waals surface area contributed by atoms with Crippen LogP contribution in [0.5, 0.6) is 0 Å². The highest BCUT2D eigenvalue weighted by molar-refractivity contribution is 6.23. The van der Waals surface area contributed by atoms with E-state index in [1.54, 1.807) is 12.1 Å². The fraction of sp³-hybridized carbons (Fsp3) is 0.304. The molecule has 8 heteroatoms. The van der Waals surface area contributed by atoms with Crippen molar-refractivity contribution < 1.29 is 19.2 Å². The second kappa shape index (κ2) is 7.72. The molecule has 3 N–H and O–H groups in total. The highest BCUT2D eigenvalue weighted by Gasteiger charge is 2.44. The van der Waals surface area contributed by atoms with Crippen LogP contribution in [0, 0.1) is 0 Å². The summed E-state index contributed by atoms with van der Waals surface area (Å²) in [4.78, 5) is 50.2. The Labute approximate surface area is 179 Å². The number of piperidine rings is 1. The lowest BCUT2D eigenvalue weighted by Crippen LogP contribution is -2.54. The van der Waals surface area contributed by atoms with Gasteiger partial charge in [-0.1, -0.05) is 24.3 Å². The Morgan fingerprint density at radius 2 is 1.58 bits per heavy atom. The van der Waals surface area contributed by atoms with Crippen LogP contribution in [0.15, 0.2) is 36.4 Å². The smallest absolute Gasteiger partial charge is 0.262 e.